The predicted octanol–water partition coefficient (Wildman–Crippen LogP) is 5.32. The summed E-state index contributed by atoms with van der Waals surface area (Å²) in [5.74, 6) is 0.197. The van der Waals surface area contributed by atoms with Crippen molar-refractivity contribution in [2.24, 2.45) is 0 Å². The van der Waals surface area contributed by atoms with Gasteiger partial charge in [-0.15, -0.1) is 11.3 Å². The number of alkyl halides is 3. The summed E-state index contributed by atoms with van der Waals surface area (Å²) in [6.07, 6.45) is -2.41. The van der Waals surface area contributed by atoms with Crippen LogP contribution in [0.3, 0.4) is 0 Å². The molecule has 4 rings (SSSR count). The van der Waals surface area contributed by atoms with Crippen molar-refractivity contribution in [3.63, 3.8) is 0 Å². The monoisotopic (exact) mass is 462 g/mol. The van der Waals surface area contributed by atoms with Gasteiger partial charge in [0.15, 0.2) is 0 Å². The quantitative estimate of drug-likeness (QED) is 0.517. The van der Waals surface area contributed by atoms with Crippen LogP contribution in [0.1, 0.15) is 34.5 Å². The molecule has 2 aromatic carbocycles. The van der Waals surface area contributed by atoms with Crippen LogP contribution in [0, 0.1) is 0 Å². The average Bonchev–Trinajstić information content (AvgIpc) is 3.48. The number of hydrogen-bond acceptors (Lipinski definition) is 5. The Morgan fingerprint density at radius 3 is 2.69 bits per heavy atom. The standard InChI is InChI=1S/C23H21F3N2O3S/c24-23(25,26)19-6-2-1-4-16(19)13-31-17-9-7-15(8-10-17)22-28-20(14-32-22)21(29)27-12-18-5-3-11-30-18/h1-2,4,6-10,14,18H,3,5,11-13H2,(H,27,29). The fourth-order valence-electron chi connectivity index (χ4n) is 3.39. The molecule has 32 heavy (non-hydrogen) atoms. The Labute approximate surface area is 187 Å². The maximum atomic E-state index is 13.1. The minimum atomic E-state index is -4.43. The van der Waals surface area contributed by atoms with Crippen molar-refractivity contribution in [2.45, 2.75) is 31.7 Å². The van der Waals surface area contributed by atoms with E-state index >= 15 is 0 Å². The van der Waals surface area contributed by atoms with E-state index in [-0.39, 0.29) is 24.2 Å². The van der Waals surface area contributed by atoms with Crippen molar-refractivity contribution in [1.29, 1.82) is 0 Å². The Morgan fingerprint density at radius 2 is 1.97 bits per heavy atom. The first-order chi connectivity index (χ1) is 15.4. The Hall–Kier alpha value is -2.91. The van der Waals surface area contributed by atoms with E-state index < -0.39 is 11.7 Å². The molecular formula is C23H21F3N2O3S. The van der Waals surface area contributed by atoms with E-state index in [1.54, 1.807) is 35.7 Å². The zero-order valence-corrected chi connectivity index (χ0v) is 17.8. The van der Waals surface area contributed by atoms with Crippen molar-refractivity contribution in [3.05, 3.63) is 70.7 Å². The number of benzene rings is 2. The van der Waals surface area contributed by atoms with E-state index in [0.29, 0.717) is 23.0 Å². The van der Waals surface area contributed by atoms with Crippen molar-refractivity contribution in [1.82, 2.24) is 10.3 Å². The van der Waals surface area contributed by atoms with Crippen molar-refractivity contribution in [2.75, 3.05) is 13.2 Å². The molecule has 0 aliphatic carbocycles. The van der Waals surface area contributed by atoms with Crippen LogP contribution in [-0.2, 0) is 17.5 Å². The predicted molar refractivity (Wildman–Crippen MR) is 115 cm³/mol. The lowest BCUT2D eigenvalue weighted by atomic mass is 10.1. The summed E-state index contributed by atoms with van der Waals surface area (Å²) in [5, 5.41) is 5.20. The summed E-state index contributed by atoms with van der Waals surface area (Å²) in [5.41, 5.74) is 0.496. The molecule has 1 atom stereocenters. The SMILES string of the molecule is O=C(NCC1CCCO1)c1csc(-c2ccc(OCc3ccccc3C(F)(F)F)cc2)n1. The summed E-state index contributed by atoms with van der Waals surface area (Å²) >= 11 is 1.34. The zero-order chi connectivity index (χ0) is 22.6. The third kappa shape index (κ3) is 5.46. The molecule has 168 valence electrons. The number of amides is 1. The van der Waals surface area contributed by atoms with Crippen LogP contribution in [0.25, 0.3) is 10.6 Å². The molecule has 2 heterocycles. The van der Waals surface area contributed by atoms with E-state index in [9.17, 15) is 18.0 Å². The number of rotatable bonds is 7. The van der Waals surface area contributed by atoms with Crippen LogP contribution in [0.4, 0.5) is 13.2 Å². The highest BCUT2D eigenvalue weighted by Gasteiger charge is 2.33. The molecule has 1 N–H and O–H groups in total. The Morgan fingerprint density at radius 1 is 1.19 bits per heavy atom. The second-order valence-electron chi connectivity index (χ2n) is 7.35. The summed E-state index contributed by atoms with van der Waals surface area (Å²) in [7, 11) is 0. The highest BCUT2D eigenvalue weighted by Crippen LogP contribution is 2.32. The van der Waals surface area contributed by atoms with Crippen LogP contribution < -0.4 is 10.1 Å². The highest BCUT2D eigenvalue weighted by molar-refractivity contribution is 7.13. The first-order valence-corrected chi connectivity index (χ1v) is 11.0. The number of aromatic nitrogens is 1. The van der Waals surface area contributed by atoms with Gasteiger partial charge in [-0.25, -0.2) is 4.98 Å². The van der Waals surface area contributed by atoms with Crippen LogP contribution in [0.15, 0.2) is 53.9 Å². The lowest BCUT2D eigenvalue weighted by molar-refractivity contribution is -0.138. The number of carbonyl (C=O) groups excluding carboxylic acids is 1. The largest absolute Gasteiger partial charge is 0.489 e. The molecule has 5 nitrogen and oxygen atoms in total. The maximum absolute atomic E-state index is 13.1. The molecule has 0 spiro atoms. The topological polar surface area (TPSA) is 60.5 Å². The minimum absolute atomic E-state index is 0.0627. The molecule has 1 aliphatic heterocycles. The van der Waals surface area contributed by atoms with Gasteiger partial charge in [0.1, 0.15) is 23.1 Å². The van der Waals surface area contributed by atoms with E-state index in [1.165, 1.54) is 23.5 Å². The third-order valence-corrected chi connectivity index (χ3v) is 5.96. The van der Waals surface area contributed by atoms with Crippen molar-refractivity contribution < 1.29 is 27.4 Å². The van der Waals surface area contributed by atoms with Crippen LogP contribution >= 0.6 is 11.3 Å². The fourth-order valence-corrected chi connectivity index (χ4v) is 4.20. The van der Waals surface area contributed by atoms with Gasteiger partial charge in [-0.3, -0.25) is 4.79 Å². The number of ether oxygens (including phenoxy) is 2. The molecule has 1 unspecified atom stereocenters. The number of carbonyl (C=O) groups is 1. The summed E-state index contributed by atoms with van der Waals surface area (Å²) in [6.45, 7) is 1.01. The van der Waals surface area contributed by atoms with Gasteiger partial charge in [0.2, 0.25) is 0 Å². The van der Waals surface area contributed by atoms with Gasteiger partial charge in [0.05, 0.1) is 11.7 Å². The first kappa shape index (κ1) is 22.3. The van der Waals surface area contributed by atoms with E-state index in [1.807, 2.05) is 0 Å². The molecule has 1 fully saturated rings. The second-order valence-corrected chi connectivity index (χ2v) is 8.21. The third-order valence-electron chi connectivity index (χ3n) is 5.07. The van der Waals surface area contributed by atoms with E-state index in [2.05, 4.69) is 10.3 Å². The molecule has 1 aliphatic rings. The lowest BCUT2D eigenvalue weighted by Crippen LogP contribution is -2.31. The molecule has 0 bridgehead atoms. The number of nitrogens with one attached hydrogen (secondary N) is 1. The molecule has 1 amide bonds. The van der Waals surface area contributed by atoms with Gasteiger partial charge in [-0.1, -0.05) is 18.2 Å². The van der Waals surface area contributed by atoms with Crippen LogP contribution in [0.2, 0.25) is 0 Å². The Kier molecular flexibility index (Phi) is 6.76. The molecule has 0 saturated carbocycles. The normalized spacial score (nSPS) is 16.2. The van der Waals surface area contributed by atoms with Gasteiger partial charge in [-0.2, -0.15) is 13.2 Å². The van der Waals surface area contributed by atoms with Gasteiger partial charge in [0.25, 0.3) is 5.91 Å². The molecular weight excluding hydrogens is 441 g/mol. The first-order valence-electron chi connectivity index (χ1n) is 10.1. The molecule has 9 heteroatoms. The maximum Gasteiger partial charge on any atom is 0.416 e. The molecule has 3 aromatic rings. The smallest absolute Gasteiger partial charge is 0.416 e. The van der Waals surface area contributed by atoms with Crippen LogP contribution in [0.5, 0.6) is 5.75 Å². The van der Waals surface area contributed by atoms with Gasteiger partial charge in [0, 0.05) is 29.7 Å². The molecule has 0 radical (unpaired) electrons. The minimum Gasteiger partial charge on any atom is -0.489 e. The number of hydrogen-bond donors (Lipinski definition) is 1. The Bertz CT molecular complexity index is 1060. The number of thiazole rings is 1. The zero-order valence-electron chi connectivity index (χ0n) is 17.0. The van der Waals surface area contributed by atoms with Crippen molar-refractivity contribution in [3.8, 4) is 16.3 Å². The summed E-state index contributed by atoms with van der Waals surface area (Å²) in [6, 6.07) is 12.2. The summed E-state index contributed by atoms with van der Waals surface area (Å²) in [4.78, 5) is 16.7. The highest BCUT2D eigenvalue weighted by atomic mass is 32.1. The Balaban J connectivity index is 1.36. The van der Waals surface area contributed by atoms with Gasteiger partial charge < -0.3 is 14.8 Å². The molecule has 1 aromatic heterocycles. The van der Waals surface area contributed by atoms with Gasteiger partial charge >= 0.3 is 6.18 Å². The summed E-state index contributed by atoms with van der Waals surface area (Å²) < 4.78 is 50.4. The van der Waals surface area contributed by atoms with Gasteiger partial charge in [-0.05, 0) is 43.2 Å². The van der Waals surface area contributed by atoms with E-state index in [4.69, 9.17) is 9.47 Å². The lowest BCUT2D eigenvalue weighted by Gasteiger charge is -2.13. The van der Waals surface area contributed by atoms with E-state index in [0.717, 1.165) is 31.1 Å². The second kappa shape index (κ2) is 9.70. The van der Waals surface area contributed by atoms with Crippen molar-refractivity contribution >= 4 is 17.2 Å². The average molecular weight is 462 g/mol. The number of nitrogens with zero attached hydrogens (tertiary/aromatic N) is 1. The molecule has 1 saturated heterocycles. The number of halogens is 3. The van der Waals surface area contributed by atoms with Crippen LogP contribution in [-0.4, -0.2) is 30.1 Å². The fraction of sp³-hybridized carbons (Fsp3) is 0.304.